The minimum atomic E-state index is -1.05. The third kappa shape index (κ3) is 1.73. The van der Waals surface area contributed by atoms with E-state index in [0.717, 1.165) is 6.07 Å². The molecule has 2 rings (SSSR count). The van der Waals surface area contributed by atoms with E-state index >= 15 is 0 Å². The van der Waals surface area contributed by atoms with E-state index < -0.39 is 11.6 Å². The van der Waals surface area contributed by atoms with Crippen LogP contribution in [0.4, 0.5) is 8.78 Å². The van der Waals surface area contributed by atoms with Crippen molar-refractivity contribution in [2.45, 2.75) is 0 Å². The summed E-state index contributed by atoms with van der Waals surface area (Å²) in [5.74, 6) is -2.26. The van der Waals surface area contributed by atoms with Crippen LogP contribution in [0, 0.1) is 11.6 Å². The van der Waals surface area contributed by atoms with Crippen molar-refractivity contribution in [3.05, 3.63) is 34.1 Å². The molecule has 7 heteroatoms. The van der Waals surface area contributed by atoms with E-state index in [1.807, 2.05) is 0 Å². The second-order valence-electron chi connectivity index (χ2n) is 2.80. The molecule has 0 N–H and O–H groups in total. The molecule has 4 nitrogen and oxygen atoms in total. The molecule has 0 aliphatic heterocycles. The van der Waals surface area contributed by atoms with Crippen molar-refractivity contribution in [3.8, 4) is 11.4 Å². The van der Waals surface area contributed by atoms with Crippen molar-refractivity contribution in [1.29, 1.82) is 0 Å². The second-order valence-corrected chi connectivity index (χ2v) is 3.59. The first-order valence-electron chi connectivity index (χ1n) is 4.06. The lowest BCUT2D eigenvalue weighted by Gasteiger charge is -2.00. The number of aldehydes is 1. The Kier molecular flexibility index (Phi) is 2.78. The Morgan fingerprint density at radius 1 is 1.38 bits per heavy atom. The van der Waals surface area contributed by atoms with Gasteiger partial charge in [-0.3, -0.25) is 4.79 Å². The van der Waals surface area contributed by atoms with Gasteiger partial charge >= 0.3 is 0 Å². The zero-order valence-corrected chi connectivity index (χ0v) is 9.16. The topological polar surface area (TPSA) is 56.0 Å². The van der Waals surface area contributed by atoms with Gasteiger partial charge in [-0.05, 0) is 28.1 Å². The quantitative estimate of drug-likeness (QED) is 0.630. The fraction of sp³-hybridized carbons (Fsp3) is 0. The molecule has 0 atom stereocenters. The van der Waals surface area contributed by atoms with Crippen molar-refractivity contribution < 1.29 is 18.1 Å². The van der Waals surface area contributed by atoms with Gasteiger partial charge in [-0.2, -0.15) is 4.98 Å². The first kappa shape index (κ1) is 10.9. The molecular formula is C9H3BrF2N2O2. The van der Waals surface area contributed by atoms with Gasteiger partial charge in [-0.25, -0.2) is 8.78 Å². The summed E-state index contributed by atoms with van der Waals surface area (Å²) in [6, 6.07) is 2.22. The van der Waals surface area contributed by atoms with E-state index in [9.17, 15) is 13.6 Å². The van der Waals surface area contributed by atoms with Crippen LogP contribution in [-0.4, -0.2) is 16.4 Å². The molecule has 1 aromatic carbocycles. The van der Waals surface area contributed by atoms with Gasteiger partial charge in [0.25, 0.3) is 5.89 Å². The molecule has 0 unspecified atom stereocenters. The van der Waals surface area contributed by atoms with Crippen LogP contribution in [0.2, 0.25) is 0 Å². The lowest BCUT2D eigenvalue weighted by atomic mass is 10.2. The summed E-state index contributed by atoms with van der Waals surface area (Å²) in [5, 5.41) is 3.45. The molecule has 0 fully saturated rings. The van der Waals surface area contributed by atoms with Gasteiger partial charge in [-0.15, -0.1) is 0 Å². The Bertz CT molecular complexity index is 556. The molecule has 0 aliphatic carbocycles. The molecular weight excluding hydrogens is 286 g/mol. The summed E-state index contributed by atoms with van der Waals surface area (Å²) < 4.78 is 30.4. The number of rotatable bonds is 2. The summed E-state index contributed by atoms with van der Waals surface area (Å²) in [6.07, 6.45) is 0.365. The van der Waals surface area contributed by atoms with E-state index in [0.29, 0.717) is 6.29 Å². The smallest absolute Gasteiger partial charge is 0.291 e. The molecule has 1 heterocycles. The number of carbonyl (C=O) groups is 1. The van der Waals surface area contributed by atoms with Gasteiger partial charge in [0.05, 0.1) is 4.47 Å². The molecule has 0 spiro atoms. The Morgan fingerprint density at radius 3 is 2.75 bits per heavy atom. The van der Waals surface area contributed by atoms with Crippen LogP contribution in [0.15, 0.2) is 21.1 Å². The van der Waals surface area contributed by atoms with Crippen molar-refractivity contribution in [3.63, 3.8) is 0 Å². The first-order chi connectivity index (χ1) is 7.63. The lowest BCUT2D eigenvalue weighted by molar-refractivity contribution is 0.108. The predicted octanol–water partition coefficient (Wildman–Crippen LogP) is 2.59. The van der Waals surface area contributed by atoms with Crippen molar-refractivity contribution in [2.75, 3.05) is 0 Å². The average molecular weight is 289 g/mol. The first-order valence-corrected chi connectivity index (χ1v) is 4.85. The summed E-state index contributed by atoms with van der Waals surface area (Å²) in [5.41, 5.74) is 0.204. The molecule has 1 aromatic heterocycles. The minimum Gasteiger partial charge on any atom is -0.331 e. The number of benzene rings is 1. The number of halogens is 3. The largest absolute Gasteiger partial charge is 0.331 e. The second kappa shape index (κ2) is 4.09. The van der Waals surface area contributed by atoms with Crippen LogP contribution in [0.5, 0.6) is 0 Å². The van der Waals surface area contributed by atoms with Gasteiger partial charge in [0.15, 0.2) is 11.6 Å². The molecule has 2 aromatic rings. The summed E-state index contributed by atoms with van der Waals surface area (Å²) >= 11 is 2.87. The Labute approximate surface area is 96.4 Å². The average Bonchev–Trinajstić information content (AvgIpc) is 2.74. The lowest BCUT2D eigenvalue weighted by Crippen LogP contribution is -1.90. The maximum absolute atomic E-state index is 13.2. The predicted molar refractivity (Wildman–Crippen MR) is 52.7 cm³/mol. The van der Waals surface area contributed by atoms with E-state index in [1.54, 1.807) is 0 Å². The zero-order chi connectivity index (χ0) is 11.7. The highest BCUT2D eigenvalue weighted by Gasteiger charge is 2.16. The van der Waals surface area contributed by atoms with Gasteiger partial charge in [0, 0.05) is 5.56 Å². The summed E-state index contributed by atoms with van der Waals surface area (Å²) in [4.78, 5) is 14.0. The highest BCUT2D eigenvalue weighted by Crippen LogP contribution is 2.29. The van der Waals surface area contributed by atoms with Crippen LogP contribution in [0.3, 0.4) is 0 Å². The highest BCUT2D eigenvalue weighted by molar-refractivity contribution is 9.10. The number of nitrogens with zero attached hydrogens (tertiary/aromatic N) is 2. The zero-order valence-electron chi connectivity index (χ0n) is 7.58. The number of hydrogen-bond acceptors (Lipinski definition) is 4. The Balaban J connectivity index is 2.56. The van der Waals surface area contributed by atoms with Crippen molar-refractivity contribution in [1.82, 2.24) is 10.1 Å². The van der Waals surface area contributed by atoms with Crippen molar-refractivity contribution >= 4 is 22.2 Å². The van der Waals surface area contributed by atoms with Gasteiger partial charge < -0.3 is 4.52 Å². The molecule has 16 heavy (non-hydrogen) atoms. The highest BCUT2D eigenvalue weighted by atomic mass is 79.9. The third-order valence-electron chi connectivity index (χ3n) is 1.82. The third-order valence-corrected chi connectivity index (χ3v) is 2.59. The van der Waals surface area contributed by atoms with Gasteiger partial charge in [0.1, 0.15) is 0 Å². The van der Waals surface area contributed by atoms with Gasteiger partial charge in [0.2, 0.25) is 12.1 Å². The van der Waals surface area contributed by atoms with E-state index in [2.05, 4.69) is 30.6 Å². The number of aromatic nitrogens is 2. The Hall–Kier alpha value is -1.63. The van der Waals surface area contributed by atoms with E-state index in [4.69, 9.17) is 0 Å². The van der Waals surface area contributed by atoms with Crippen LogP contribution >= 0.6 is 15.9 Å². The van der Waals surface area contributed by atoms with Crippen LogP contribution in [0.25, 0.3) is 11.4 Å². The summed E-state index contributed by atoms with van der Waals surface area (Å²) in [6.45, 7) is 0. The summed E-state index contributed by atoms with van der Waals surface area (Å²) in [7, 11) is 0. The fourth-order valence-electron chi connectivity index (χ4n) is 1.09. The molecule has 0 saturated carbocycles. The minimum absolute atomic E-state index is 0.00729. The van der Waals surface area contributed by atoms with Crippen LogP contribution in [0.1, 0.15) is 10.7 Å². The molecule has 0 bridgehead atoms. The van der Waals surface area contributed by atoms with E-state index in [-0.39, 0.29) is 21.8 Å². The molecule has 0 saturated heterocycles. The maximum atomic E-state index is 13.2. The maximum Gasteiger partial charge on any atom is 0.291 e. The number of hydrogen-bond donors (Lipinski definition) is 0. The van der Waals surface area contributed by atoms with Crippen molar-refractivity contribution in [2.24, 2.45) is 0 Å². The number of carbonyl (C=O) groups excluding carboxylic acids is 1. The van der Waals surface area contributed by atoms with E-state index in [1.165, 1.54) is 6.07 Å². The SMILES string of the molecule is O=Cc1nc(-c2ccc(F)c(F)c2Br)no1. The monoisotopic (exact) mass is 288 g/mol. The molecule has 0 aliphatic rings. The normalized spacial score (nSPS) is 10.4. The Morgan fingerprint density at radius 2 is 2.12 bits per heavy atom. The molecule has 82 valence electrons. The fourth-order valence-corrected chi connectivity index (χ4v) is 1.59. The van der Waals surface area contributed by atoms with Crippen LogP contribution in [-0.2, 0) is 0 Å². The van der Waals surface area contributed by atoms with Gasteiger partial charge in [-0.1, -0.05) is 5.16 Å². The van der Waals surface area contributed by atoms with Crippen LogP contribution < -0.4 is 0 Å². The molecule has 0 amide bonds. The standard InChI is InChI=1S/C9H3BrF2N2O2/c10-7-4(1-2-5(11)8(7)12)9-13-6(3-15)16-14-9/h1-3H. The molecule has 0 radical (unpaired) electrons.